The minimum absolute atomic E-state index is 0. The quantitative estimate of drug-likeness (QED) is 0.643. The second-order valence-electron chi connectivity index (χ2n) is 0.519. The van der Waals surface area contributed by atoms with Crippen LogP contribution in [-0.4, -0.2) is 11.1 Å². The molecule has 0 saturated heterocycles. The fraction of sp³-hybridized carbons (Fsp3) is 0.500. The first-order chi connectivity index (χ1) is 1.73. The Morgan fingerprint density at radius 1 is 1.80 bits per heavy atom. The van der Waals surface area contributed by atoms with E-state index in [2.05, 4.69) is 0 Å². The molecule has 0 saturated carbocycles. The van der Waals surface area contributed by atoms with E-state index >= 15 is 0 Å². The SMILES string of the molecule is CC(=O)O.[Yb]. The summed E-state index contributed by atoms with van der Waals surface area (Å²) in [4.78, 5) is 9.00. The summed E-state index contributed by atoms with van der Waals surface area (Å²) in [6.07, 6.45) is 0. The summed E-state index contributed by atoms with van der Waals surface area (Å²) >= 11 is 0. The molecule has 0 bridgehead atoms. The van der Waals surface area contributed by atoms with E-state index in [0.29, 0.717) is 0 Å². The van der Waals surface area contributed by atoms with Crippen LogP contribution in [0.5, 0.6) is 0 Å². The molecule has 0 aliphatic rings. The predicted octanol–water partition coefficient (Wildman–Crippen LogP) is 0.0909. The van der Waals surface area contributed by atoms with Crippen LogP contribution in [0.4, 0.5) is 0 Å². The first kappa shape index (κ1) is 9.37. The number of carbonyl (C=O) groups is 1. The minimum Gasteiger partial charge on any atom is -0.481 e. The zero-order valence-corrected chi connectivity index (χ0v) is 4.34. The van der Waals surface area contributed by atoms with E-state index in [1.807, 2.05) is 0 Å². The third-order valence-corrected chi connectivity index (χ3v) is 0. The molecule has 0 aliphatic heterocycles. The molecule has 5 heavy (non-hydrogen) atoms. The van der Waals surface area contributed by atoms with Crippen molar-refractivity contribution in [3.63, 3.8) is 0 Å². The summed E-state index contributed by atoms with van der Waals surface area (Å²) in [6.45, 7) is 1.08. The summed E-state index contributed by atoms with van der Waals surface area (Å²) in [5.74, 6) is -0.833. The van der Waals surface area contributed by atoms with E-state index in [4.69, 9.17) is 9.90 Å². The summed E-state index contributed by atoms with van der Waals surface area (Å²) in [6, 6.07) is 0. The Hall–Kier alpha value is 0.989. The number of carboxylic acid groups (broad SMARTS) is 1. The molecule has 1 N–H and O–H groups in total. The molecule has 3 heteroatoms. The molecule has 0 aromatic carbocycles. The van der Waals surface area contributed by atoms with Gasteiger partial charge < -0.3 is 5.11 Å². The molecule has 2 nitrogen and oxygen atoms in total. The number of aliphatic carboxylic acids is 1. The van der Waals surface area contributed by atoms with E-state index in [0.717, 1.165) is 6.92 Å². The van der Waals surface area contributed by atoms with Crippen molar-refractivity contribution >= 4 is 5.97 Å². The zero-order chi connectivity index (χ0) is 3.58. The van der Waals surface area contributed by atoms with Crippen LogP contribution in [0.1, 0.15) is 6.92 Å². The normalized spacial score (nSPS) is 5.00. The smallest absolute Gasteiger partial charge is 0.300 e. The van der Waals surface area contributed by atoms with Gasteiger partial charge in [-0.05, 0) is 0 Å². The van der Waals surface area contributed by atoms with Crippen molar-refractivity contribution in [2.75, 3.05) is 0 Å². The van der Waals surface area contributed by atoms with Crippen molar-refractivity contribution in [1.29, 1.82) is 0 Å². The van der Waals surface area contributed by atoms with Gasteiger partial charge in [0.2, 0.25) is 0 Å². The molecule has 0 fully saturated rings. The number of hydrogen-bond donors (Lipinski definition) is 1. The third-order valence-electron chi connectivity index (χ3n) is 0. The number of rotatable bonds is 0. The van der Waals surface area contributed by atoms with Crippen molar-refractivity contribution in [2.45, 2.75) is 6.92 Å². The second kappa shape index (κ2) is 4.99. The van der Waals surface area contributed by atoms with Crippen LogP contribution in [-0.2, 0) is 4.79 Å². The van der Waals surface area contributed by atoms with Crippen LogP contribution in [0.2, 0.25) is 0 Å². The van der Waals surface area contributed by atoms with Gasteiger partial charge in [-0.3, -0.25) is 4.79 Å². The Balaban J connectivity index is 0. The maximum absolute atomic E-state index is 9.00. The number of hydrogen-bond acceptors (Lipinski definition) is 1. The molecule has 0 aromatic rings. The van der Waals surface area contributed by atoms with Crippen molar-refractivity contribution in [1.82, 2.24) is 0 Å². The van der Waals surface area contributed by atoms with Crippen LogP contribution >= 0.6 is 0 Å². The summed E-state index contributed by atoms with van der Waals surface area (Å²) < 4.78 is 0. The molecule has 0 spiro atoms. The van der Waals surface area contributed by atoms with Crippen LogP contribution < -0.4 is 0 Å². The van der Waals surface area contributed by atoms with Crippen molar-refractivity contribution in [2.24, 2.45) is 0 Å². The molecule has 0 aromatic heterocycles. The van der Waals surface area contributed by atoms with Gasteiger partial charge in [-0.25, -0.2) is 0 Å². The predicted molar refractivity (Wildman–Crippen MR) is 13.3 cm³/mol. The summed E-state index contributed by atoms with van der Waals surface area (Å²) in [5, 5.41) is 7.42. The molecule has 0 heterocycles. The average molecular weight is 233 g/mol. The standard InChI is InChI=1S/C2H4O2.Yb/c1-2(3)4;/h1H3,(H,3,4);. The molecule has 0 radical (unpaired) electrons. The van der Waals surface area contributed by atoms with Gasteiger partial charge in [0.25, 0.3) is 5.97 Å². The fourth-order valence-corrected chi connectivity index (χ4v) is 0. The van der Waals surface area contributed by atoms with Gasteiger partial charge in [0.1, 0.15) is 0 Å². The maximum Gasteiger partial charge on any atom is 0.300 e. The molecule has 0 rings (SSSR count). The molecular formula is C2H4O2Yb. The average Bonchev–Trinajstić information content (AvgIpc) is 0.811. The van der Waals surface area contributed by atoms with Crippen LogP contribution in [0.25, 0.3) is 0 Å². The zero-order valence-electron chi connectivity index (χ0n) is 2.62. The second-order valence-corrected chi connectivity index (χ2v) is 0.519. The maximum atomic E-state index is 9.00. The first-order valence-electron chi connectivity index (χ1n) is 0.928. The molecule has 0 amide bonds. The third kappa shape index (κ3) is 45.5. The van der Waals surface area contributed by atoms with E-state index in [-0.39, 0.29) is 46.9 Å². The Kier molecular flexibility index (Phi) is 9.35. The molecule has 0 atom stereocenters. The molecular weight excluding hydrogens is 229 g/mol. The Labute approximate surface area is 68.8 Å². The van der Waals surface area contributed by atoms with Crippen LogP contribution in [0.3, 0.4) is 0 Å². The van der Waals surface area contributed by atoms with Gasteiger partial charge in [-0.1, -0.05) is 0 Å². The van der Waals surface area contributed by atoms with E-state index in [1.54, 1.807) is 0 Å². The van der Waals surface area contributed by atoms with E-state index in [1.165, 1.54) is 0 Å². The summed E-state index contributed by atoms with van der Waals surface area (Å²) in [7, 11) is 0. The van der Waals surface area contributed by atoms with Gasteiger partial charge in [0.15, 0.2) is 0 Å². The molecule has 0 unspecified atom stereocenters. The molecule has 38 valence electrons. The fourth-order valence-electron chi connectivity index (χ4n) is 0. The summed E-state index contributed by atoms with van der Waals surface area (Å²) in [5.41, 5.74) is 0. The van der Waals surface area contributed by atoms with Crippen molar-refractivity contribution < 1.29 is 56.8 Å². The van der Waals surface area contributed by atoms with Gasteiger partial charge in [-0.15, -0.1) is 0 Å². The topological polar surface area (TPSA) is 37.3 Å². The van der Waals surface area contributed by atoms with E-state index < -0.39 is 5.97 Å². The Morgan fingerprint density at radius 2 is 1.80 bits per heavy atom. The van der Waals surface area contributed by atoms with Crippen LogP contribution in [0, 0.1) is 46.9 Å². The van der Waals surface area contributed by atoms with E-state index in [9.17, 15) is 0 Å². The van der Waals surface area contributed by atoms with Crippen molar-refractivity contribution in [3.05, 3.63) is 0 Å². The van der Waals surface area contributed by atoms with Gasteiger partial charge in [0.05, 0.1) is 0 Å². The number of carboxylic acids is 1. The monoisotopic (exact) mass is 234 g/mol. The molecule has 0 aliphatic carbocycles. The largest absolute Gasteiger partial charge is 0.481 e. The van der Waals surface area contributed by atoms with Gasteiger partial charge in [-0.2, -0.15) is 0 Å². The Morgan fingerprint density at radius 3 is 1.80 bits per heavy atom. The Bertz CT molecular complexity index is 30.6. The van der Waals surface area contributed by atoms with Crippen LogP contribution in [0.15, 0.2) is 0 Å². The minimum atomic E-state index is -0.833. The van der Waals surface area contributed by atoms with Crippen molar-refractivity contribution in [3.8, 4) is 0 Å². The first-order valence-corrected chi connectivity index (χ1v) is 0.928. The van der Waals surface area contributed by atoms with Gasteiger partial charge in [0, 0.05) is 53.8 Å². The van der Waals surface area contributed by atoms with Gasteiger partial charge >= 0.3 is 0 Å².